The van der Waals surface area contributed by atoms with Gasteiger partial charge in [-0.2, -0.15) is 0 Å². The van der Waals surface area contributed by atoms with Crippen LogP contribution in [0.15, 0.2) is 65.3 Å². The average molecular weight is 402 g/mol. The van der Waals surface area contributed by atoms with Gasteiger partial charge in [0.25, 0.3) is 5.91 Å². The molecule has 28 heavy (non-hydrogen) atoms. The second-order valence-electron chi connectivity index (χ2n) is 6.32. The number of amides is 1. The molecule has 0 fully saturated rings. The van der Waals surface area contributed by atoms with Gasteiger partial charge in [0.05, 0.1) is 19.4 Å². The summed E-state index contributed by atoms with van der Waals surface area (Å²) in [4.78, 5) is 14.2. The van der Waals surface area contributed by atoms with Gasteiger partial charge in [-0.05, 0) is 48.4 Å². The maximum atomic E-state index is 14.2. The highest BCUT2D eigenvalue weighted by atomic mass is 35.5. The first-order chi connectivity index (χ1) is 13.6. The summed E-state index contributed by atoms with van der Waals surface area (Å²) in [5.41, 5.74) is 1.45. The van der Waals surface area contributed by atoms with E-state index >= 15 is 0 Å². The minimum absolute atomic E-state index is 0.0170. The Morgan fingerprint density at radius 1 is 1.11 bits per heavy atom. The van der Waals surface area contributed by atoms with Gasteiger partial charge in [0, 0.05) is 10.6 Å². The smallest absolute Gasteiger partial charge is 0.261 e. The van der Waals surface area contributed by atoms with Crippen molar-refractivity contribution in [3.8, 4) is 5.75 Å². The third-order valence-corrected chi connectivity index (χ3v) is 4.74. The van der Waals surface area contributed by atoms with Crippen molar-refractivity contribution < 1.29 is 18.3 Å². The highest BCUT2D eigenvalue weighted by Gasteiger charge is 2.20. The first-order valence-electron chi connectivity index (χ1n) is 9.01. The largest absolute Gasteiger partial charge is 0.484 e. The standard InChI is InChI=1S/C22H21ClFNO3/c1-2-16-8-10-17(11-9-16)28-15-22(26)25(13-18-5-4-12-27-18)14-19-20(23)6-3-7-21(19)24/h3-12H,2,13-15H2,1H3. The van der Waals surface area contributed by atoms with E-state index in [0.29, 0.717) is 11.5 Å². The molecule has 0 saturated carbocycles. The van der Waals surface area contributed by atoms with Crippen molar-refractivity contribution >= 4 is 17.5 Å². The Morgan fingerprint density at radius 2 is 1.89 bits per heavy atom. The highest BCUT2D eigenvalue weighted by Crippen LogP contribution is 2.22. The SMILES string of the molecule is CCc1ccc(OCC(=O)N(Cc2ccco2)Cc2c(F)cccc2Cl)cc1. The summed E-state index contributed by atoms with van der Waals surface area (Å²) >= 11 is 6.13. The molecule has 0 bridgehead atoms. The topological polar surface area (TPSA) is 42.7 Å². The van der Waals surface area contributed by atoms with Crippen LogP contribution in [0, 0.1) is 5.82 Å². The Labute approximate surface area is 168 Å². The summed E-state index contributed by atoms with van der Waals surface area (Å²) in [5.74, 6) is 0.441. The van der Waals surface area contributed by atoms with Crippen LogP contribution >= 0.6 is 11.6 Å². The van der Waals surface area contributed by atoms with Gasteiger partial charge in [0.1, 0.15) is 17.3 Å². The Kier molecular flexibility index (Phi) is 6.71. The number of aryl methyl sites for hydroxylation is 1. The fourth-order valence-corrected chi connectivity index (χ4v) is 2.98. The molecule has 6 heteroatoms. The van der Waals surface area contributed by atoms with Gasteiger partial charge in [0.15, 0.2) is 6.61 Å². The van der Waals surface area contributed by atoms with E-state index in [1.54, 1.807) is 18.2 Å². The van der Waals surface area contributed by atoms with Crippen LogP contribution < -0.4 is 4.74 Å². The number of benzene rings is 2. The van der Waals surface area contributed by atoms with Crippen LogP contribution in [0.25, 0.3) is 0 Å². The number of carbonyl (C=O) groups is 1. The molecule has 1 heterocycles. The van der Waals surface area contributed by atoms with E-state index < -0.39 is 5.82 Å². The number of furan rings is 1. The molecule has 0 atom stereocenters. The molecule has 0 unspecified atom stereocenters. The van der Waals surface area contributed by atoms with Gasteiger partial charge >= 0.3 is 0 Å². The van der Waals surface area contributed by atoms with Gasteiger partial charge in [-0.15, -0.1) is 0 Å². The lowest BCUT2D eigenvalue weighted by molar-refractivity contribution is -0.134. The highest BCUT2D eigenvalue weighted by molar-refractivity contribution is 6.31. The van der Waals surface area contributed by atoms with Crippen LogP contribution in [0.4, 0.5) is 4.39 Å². The number of carbonyl (C=O) groups excluding carboxylic acids is 1. The van der Waals surface area contributed by atoms with E-state index in [9.17, 15) is 9.18 Å². The summed E-state index contributed by atoms with van der Waals surface area (Å²) in [6.45, 7) is 2.11. The molecule has 1 aromatic heterocycles. The minimum Gasteiger partial charge on any atom is -0.484 e. The number of hydrogen-bond acceptors (Lipinski definition) is 3. The Balaban J connectivity index is 1.72. The molecule has 0 radical (unpaired) electrons. The van der Waals surface area contributed by atoms with Crippen molar-refractivity contribution in [2.45, 2.75) is 26.4 Å². The number of halogens is 2. The van der Waals surface area contributed by atoms with Crippen LogP contribution in [0.3, 0.4) is 0 Å². The summed E-state index contributed by atoms with van der Waals surface area (Å²) in [7, 11) is 0. The molecule has 3 aromatic rings. The van der Waals surface area contributed by atoms with Crippen molar-refractivity contribution in [3.63, 3.8) is 0 Å². The first-order valence-corrected chi connectivity index (χ1v) is 9.39. The minimum atomic E-state index is -0.458. The van der Waals surface area contributed by atoms with Crippen molar-refractivity contribution in [2.75, 3.05) is 6.61 Å². The Bertz CT molecular complexity index is 890. The molecule has 4 nitrogen and oxygen atoms in total. The van der Waals surface area contributed by atoms with E-state index in [1.807, 2.05) is 24.3 Å². The molecule has 3 rings (SSSR count). The van der Waals surface area contributed by atoms with Gasteiger partial charge < -0.3 is 14.1 Å². The lowest BCUT2D eigenvalue weighted by atomic mass is 10.2. The number of ether oxygens (including phenoxy) is 1. The summed E-state index contributed by atoms with van der Waals surface area (Å²) in [5, 5.41) is 0.272. The van der Waals surface area contributed by atoms with Crippen molar-refractivity contribution in [2.24, 2.45) is 0 Å². The predicted molar refractivity (Wildman–Crippen MR) is 106 cm³/mol. The van der Waals surface area contributed by atoms with Crippen molar-refractivity contribution in [1.82, 2.24) is 4.90 Å². The van der Waals surface area contributed by atoms with Crippen molar-refractivity contribution in [1.29, 1.82) is 0 Å². The van der Waals surface area contributed by atoms with E-state index in [1.165, 1.54) is 28.9 Å². The van der Waals surface area contributed by atoms with Crippen LogP contribution in [0.5, 0.6) is 5.75 Å². The molecular weight excluding hydrogens is 381 g/mol. The third-order valence-electron chi connectivity index (χ3n) is 4.38. The Morgan fingerprint density at radius 3 is 2.54 bits per heavy atom. The van der Waals surface area contributed by atoms with E-state index in [2.05, 4.69) is 6.92 Å². The van der Waals surface area contributed by atoms with Crippen LogP contribution in [0.2, 0.25) is 5.02 Å². The number of nitrogens with zero attached hydrogens (tertiary/aromatic N) is 1. The zero-order chi connectivity index (χ0) is 19.9. The third kappa shape index (κ3) is 5.14. The molecule has 0 saturated heterocycles. The summed E-state index contributed by atoms with van der Waals surface area (Å²) < 4.78 is 25.2. The fourth-order valence-electron chi connectivity index (χ4n) is 2.75. The van der Waals surface area contributed by atoms with Gasteiger partial charge in [-0.25, -0.2) is 4.39 Å². The molecule has 0 N–H and O–H groups in total. The monoisotopic (exact) mass is 401 g/mol. The molecule has 1 amide bonds. The normalized spacial score (nSPS) is 10.7. The molecule has 0 aliphatic heterocycles. The van der Waals surface area contributed by atoms with E-state index in [0.717, 1.165) is 6.42 Å². The van der Waals surface area contributed by atoms with Crippen LogP contribution in [0.1, 0.15) is 23.8 Å². The lowest BCUT2D eigenvalue weighted by Gasteiger charge is -2.23. The number of hydrogen-bond donors (Lipinski definition) is 0. The van der Waals surface area contributed by atoms with Gasteiger partial charge in [0.2, 0.25) is 0 Å². The molecular formula is C22H21ClFNO3. The maximum absolute atomic E-state index is 14.2. The zero-order valence-electron chi connectivity index (χ0n) is 15.5. The fraction of sp³-hybridized carbons (Fsp3) is 0.227. The molecule has 2 aromatic carbocycles. The molecule has 0 aliphatic rings. The summed E-state index contributed by atoms with van der Waals surface area (Å²) in [6.07, 6.45) is 2.46. The zero-order valence-corrected chi connectivity index (χ0v) is 16.3. The van der Waals surface area contributed by atoms with Gasteiger partial charge in [-0.1, -0.05) is 36.7 Å². The second-order valence-corrected chi connectivity index (χ2v) is 6.72. The van der Waals surface area contributed by atoms with E-state index in [-0.39, 0.29) is 36.2 Å². The van der Waals surface area contributed by atoms with Crippen LogP contribution in [-0.2, 0) is 24.3 Å². The quantitative estimate of drug-likeness (QED) is 0.518. The first kappa shape index (κ1) is 20.0. The lowest BCUT2D eigenvalue weighted by Crippen LogP contribution is -2.34. The average Bonchev–Trinajstić information content (AvgIpc) is 3.21. The van der Waals surface area contributed by atoms with Crippen LogP contribution in [-0.4, -0.2) is 17.4 Å². The van der Waals surface area contributed by atoms with Crippen molar-refractivity contribution in [3.05, 3.63) is 88.6 Å². The Hall–Kier alpha value is -2.79. The van der Waals surface area contributed by atoms with E-state index in [4.69, 9.17) is 20.8 Å². The molecule has 0 spiro atoms. The second kappa shape index (κ2) is 9.42. The number of rotatable bonds is 8. The molecule has 0 aliphatic carbocycles. The summed E-state index contributed by atoms with van der Waals surface area (Å²) in [6, 6.07) is 15.5. The maximum Gasteiger partial charge on any atom is 0.261 e. The van der Waals surface area contributed by atoms with Gasteiger partial charge in [-0.3, -0.25) is 4.79 Å². The molecule has 146 valence electrons. The predicted octanol–water partition coefficient (Wildman–Crippen LogP) is 5.24.